The van der Waals surface area contributed by atoms with E-state index in [2.05, 4.69) is 11.8 Å². The molecule has 0 saturated heterocycles. The molecular formula is C17H16ClNO2. The molecule has 0 aliphatic heterocycles. The number of rotatable bonds is 5. The van der Waals surface area contributed by atoms with E-state index in [0.29, 0.717) is 5.02 Å². The van der Waals surface area contributed by atoms with E-state index < -0.39 is 5.97 Å². The highest BCUT2D eigenvalue weighted by atomic mass is 35.5. The summed E-state index contributed by atoms with van der Waals surface area (Å²) in [6.07, 6.45) is 2.62. The number of hydrogen-bond donors (Lipinski definition) is 1. The summed E-state index contributed by atoms with van der Waals surface area (Å²) in [6, 6.07) is 15.5. The first-order valence-electron chi connectivity index (χ1n) is 6.65. The molecule has 0 fully saturated rings. The molecule has 0 bridgehead atoms. The molecule has 0 aromatic heterocycles. The number of aliphatic carboxylic acids is 1. The molecule has 0 spiro atoms. The van der Waals surface area contributed by atoms with Gasteiger partial charge in [0, 0.05) is 18.3 Å². The Morgan fingerprint density at radius 2 is 1.95 bits per heavy atom. The van der Waals surface area contributed by atoms with E-state index in [1.165, 1.54) is 6.08 Å². The monoisotopic (exact) mass is 301 g/mol. The number of carboxylic acids is 1. The van der Waals surface area contributed by atoms with Gasteiger partial charge in [0.1, 0.15) is 0 Å². The molecule has 0 unspecified atom stereocenters. The first-order valence-corrected chi connectivity index (χ1v) is 7.02. The maximum atomic E-state index is 10.5. The second-order valence-corrected chi connectivity index (χ2v) is 4.87. The van der Waals surface area contributed by atoms with Gasteiger partial charge in [0.2, 0.25) is 0 Å². The number of anilines is 2. The maximum Gasteiger partial charge on any atom is 0.328 e. The quantitative estimate of drug-likeness (QED) is 0.821. The van der Waals surface area contributed by atoms with Gasteiger partial charge in [0.05, 0.1) is 10.7 Å². The summed E-state index contributed by atoms with van der Waals surface area (Å²) in [6.45, 7) is 2.84. The zero-order valence-corrected chi connectivity index (χ0v) is 12.4. The van der Waals surface area contributed by atoms with Crippen LogP contribution in [0.1, 0.15) is 12.5 Å². The number of para-hydroxylation sites is 1. The van der Waals surface area contributed by atoms with Crippen LogP contribution in [0, 0.1) is 0 Å². The Balaban J connectivity index is 2.33. The molecule has 2 aromatic carbocycles. The van der Waals surface area contributed by atoms with Gasteiger partial charge in [-0.25, -0.2) is 4.79 Å². The largest absolute Gasteiger partial charge is 0.478 e. The zero-order chi connectivity index (χ0) is 15.2. The molecule has 3 nitrogen and oxygen atoms in total. The molecule has 2 aromatic rings. The summed E-state index contributed by atoms with van der Waals surface area (Å²) >= 11 is 6.35. The van der Waals surface area contributed by atoms with Crippen LogP contribution in [0.15, 0.2) is 54.6 Å². The molecule has 21 heavy (non-hydrogen) atoms. The Bertz CT molecular complexity index is 653. The van der Waals surface area contributed by atoms with Crippen LogP contribution < -0.4 is 4.90 Å². The van der Waals surface area contributed by atoms with Crippen LogP contribution in [0.5, 0.6) is 0 Å². The molecule has 0 saturated carbocycles. The number of nitrogens with zero attached hydrogens (tertiary/aromatic N) is 1. The Morgan fingerprint density at radius 3 is 2.52 bits per heavy atom. The van der Waals surface area contributed by atoms with Crippen molar-refractivity contribution < 1.29 is 9.90 Å². The van der Waals surface area contributed by atoms with Crippen molar-refractivity contribution in [3.63, 3.8) is 0 Å². The molecular weight excluding hydrogens is 286 g/mol. The number of carbonyl (C=O) groups is 1. The summed E-state index contributed by atoms with van der Waals surface area (Å²) in [5, 5.41) is 9.24. The van der Waals surface area contributed by atoms with Crippen molar-refractivity contribution in [3.8, 4) is 0 Å². The van der Waals surface area contributed by atoms with E-state index in [0.717, 1.165) is 29.6 Å². The Labute approximate surface area is 129 Å². The minimum atomic E-state index is -0.977. The van der Waals surface area contributed by atoms with Crippen molar-refractivity contribution in [1.82, 2.24) is 0 Å². The molecule has 0 atom stereocenters. The van der Waals surface area contributed by atoms with E-state index in [1.54, 1.807) is 6.07 Å². The van der Waals surface area contributed by atoms with Crippen molar-refractivity contribution in [2.75, 3.05) is 11.4 Å². The van der Waals surface area contributed by atoms with Gasteiger partial charge < -0.3 is 10.0 Å². The maximum absolute atomic E-state index is 10.5. The van der Waals surface area contributed by atoms with E-state index in [4.69, 9.17) is 16.7 Å². The van der Waals surface area contributed by atoms with Gasteiger partial charge in [-0.15, -0.1) is 0 Å². The molecule has 108 valence electrons. The van der Waals surface area contributed by atoms with E-state index in [-0.39, 0.29) is 0 Å². The van der Waals surface area contributed by atoms with E-state index >= 15 is 0 Å². The Kier molecular flexibility index (Phi) is 5.01. The second-order valence-electron chi connectivity index (χ2n) is 4.46. The fourth-order valence-corrected chi connectivity index (χ4v) is 2.40. The molecule has 0 aliphatic rings. The standard InChI is InChI=1S/C17H16ClNO2/c1-2-19(14-6-4-3-5-7-14)16-10-8-13(12-15(16)18)9-11-17(20)21/h3-12H,2H2,1H3,(H,20,21)/b11-9+. The molecule has 0 aliphatic carbocycles. The van der Waals surface area contributed by atoms with Crippen LogP contribution in [0.3, 0.4) is 0 Å². The normalized spacial score (nSPS) is 10.8. The predicted molar refractivity (Wildman–Crippen MR) is 87.2 cm³/mol. The van der Waals surface area contributed by atoms with Crippen molar-refractivity contribution in [1.29, 1.82) is 0 Å². The topological polar surface area (TPSA) is 40.5 Å². The third-order valence-corrected chi connectivity index (χ3v) is 3.37. The van der Waals surface area contributed by atoms with Gasteiger partial charge >= 0.3 is 5.97 Å². The highest BCUT2D eigenvalue weighted by Crippen LogP contribution is 2.32. The lowest BCUT2D eigenvalue weighted by Gasteiger charge is -2.24. The van der Waals surface area contributed by atoms with Crippen LogP contribution in [-0.2, 0) is 4.79 Å². The minimum absolute atomic E-state index is 0.591. The lowest BCUT2D eigenvalue weighted by Crippen LogP contribution is -2.16. The van der Waals surface area contributed by atoms with E-state index in [9.17, 15) is 4.79 Å². The van der Waals surface area contributed by atoms with Gasteiger partial charge in [-0.1, -0.05) is 35.9 Å². The first kappa shape index (κ1) is 15.1. The van der Waals surface area contributed by atoms with Crippen LogP contribution in [0.25, 0.3) is 6.08 Å². The van der Waals surface area contributed by atoms with E-state index in [1.807, 2.05) is 42.5 Å². The molecule has 4 heteroatoms. The van der Waals surface area contributed by atoms with Crippen molar-refractivity contribution >= 4 is 35.0 Å². The molecule has 2 rings (SSSR count). The minimum Gasteiger partial charge on any atom is -0.478 e. The second kappa shape index (κ2) is 6.95. The van der Waals surface area contributed by atoms with Crippen molar-refractivity contribution in [2.45, 2.75) is 6.92 Å². The number of halogens is 1. The van der Waals surface area contributed by atoms with Crippen molar-refractivity contribution in [3.05, 3.63) is 65.2 Å². The van der Waals surface area contributed by atoms with Crippen molar-refractivity contribution in [2.24, 2.45) is 0 Å². The fraction of sp³-hybridized carbons (Fsp3) is 0.118. The van der Waals surface area contributed by atoms with Crippen LogP contribution in [-0.4, -0.2) is 17.6 Å². The lowest BCUT2D eigenvalue weighted by atomic mass is 10.1. The third kappa shape index (κ3) is 3.86. The van der Waals surface area contributed by atoms with Gasteiger partial charge in [-0.2, -0.15) is 0 Å². The SMILES string of the molecule is CCN(c1ccccc1)c1ccc(/C=C/C(=O)O)cc1Cl. The summed E-state index contributed by atoms with van der Waals surface area (Å²) < 4.78 is 0. The summed E-state index contributed by atoms with van der Waals surface area (Å²) in [5.74, 6) is -0.977. The smallest absolute Gasteiger partial charge is 0.328 e. The van der Waals surface area contributed by atoms with Gasteiger partial charge in [0.25, 0.3) is 0 Å². The van der Waals surface area contributed by atoms with Gasteiger partial charge in [0.15, 0.2) is 0 Å². The average molecular weight is 302 g/mol. The molecule has 0 radical (unpaired) electrons. The predicted octanol–water partition coefficient (Wildman–Crippen LogP) is 4.60. The van der Waals surface area contributed by atoms with Gasteiger partial charge in [-0.05, 0) is 42.8 Å². The van der Waals surface area contributed by atoms with Crippen LogP contribution >= 0.6 is 11.6 Å². The molecule has 1 N–H and O–H groups in total. The zero-order valence-electron chi connectivity index (χ0n) is 11.7. The number of hydrogen-bond acceptors (Lipinski definition) is 2. The average Bonchev–Trinajstić information content (AvgIpc) is 2.49. The van der Waals surface area contributed by atoms with Gasteiger partial charge in [-0.3, -0.25) is 0 Å². The fourth-order valence-electron chi connectivity index (χ4n) is 2.11. The molecule has 0 heterocycles. The van der Waals surface area contributed by atoms with Crippen LogP contribution in [0.2, 0.25) is 5.02 Å². The Morgan fingerprint density at radius 1 is 1.24 bits per heavy atom. The summed E-state index contributed by atoms with van der Waals surface area (Å²) in [4.78, 5) is 12.6. The summed E-state index contributed by atoms with van der Waals surface area (Å²) in [5.41, 5.74) is 2.73. The first-order chi connectivity index (χ1) is 10.1. The number of benzene rings is 2. The number of carboxylic acid groups (broad SMARTS) is 1. The third-order valence-electron chi connectivity index (χ3n) is 3.06. The summed E-state index contributed by atoms with van der Waals surface area (Å²) in [7, 11) is 0. The molecule has 0 amide bonds. The highest BCUT2D eigenvalue weighted by Gasteiger charge is 2.10. The van der Waals surface area contributed by atoms with Crippen LogP contribution in [0.4, 0.5) is 11.4 Å². The lowest BCUT2D eigenvalue weighted by molar-refractivity contribution is -0.131. The highest BCUT2D eigenvalue weighted by molar-refractivity contribution is 6.33. The Hall–Kier alpha value is -2.26.